The van der Waals surface area contributed by atoms with Gasteiger partial charge in [-0.1, -0.05) is 0 Å². The van der Waals surface area contributed by atoms with E-state index in [1.54, 1.807) is 24.5 Å². The first kappa shape index (κ1) is 10.3. The van der Waals surface area contributed by atoms with Crippen molar-refractivity contribution in [1.82, 2.24) is 9.55 Å². The molecule has 0 aliphatic heterocycles. The number of hydrogen-bond donors (Lipinski definition) is 2. The Labute approximate surface area is 97.3 Å². The second-order valence-electron chi connectivity index (χ2n) is 4.51. The van der Waals surface area contributed by atoms with Gasteiger partial charge in [0.1, 0.15) is 0 Å². The van der Waals surface area contributed by atoms with E-state index in [4.69, 9.17) is 5.11 Å². The predicted molar refractivity (Wildman–Crippen MR) is 61.0 cm³/mol. The summed E-state index contributed by atoms with van der Waals surface area (Å²) >= 11 is 0. The molecule has 0 radical (unpaired) electrons. The second kappa shape index (κ2) is 3.30. The van der Waals surface area contributed by atoms with Crippen molar-refractivity contribution in [3.8, 4) is 0 Å². The molecule has 0 saturated heterocycles. The Hall–Kier alpha value is -1.88. The van der Waals surface area contributed by atoms with Crippen LogP contribution >= 0.6 is 0 Å². The van der Waals surface area contributed by atoms with E-state index in [2.05, 4.69) is 4.98 Å². The highest BCUT2D eigenvalue weighted by molar-refractivity contribution is 5.92. The predicted octanol–water partition coefficient (Wildman–Crippen LogP) is 1.22. The molecule has 1 aromatic carbocycles. The third-order valence-electron chi connectivity index (χ3n) is 3.43. The van der Waals surface area contributed by atoms with E-state index >= 15 is 0 Å². The molecule has 1 aliphatic carbocycles. The molecule has 1 saturated carbocycles. The molecular formula is C12H12N2O3. The van der Waals surface area contributed by atoms with Crippen molar-refractivity contribution in [3.05, 3.63) is 30.1 Å². The monoisotopic (exact) mass is 232 g/mol. The number of carboxylic acids is 1. The second-order valence-corrected chi connectivity index (χ2v) is 4.51. The maximum Gasteiger partial charge on any atom is 0.335 e. The molecule has 0 amide bonds. The molecular weight excluding hydrogens is 220 g/mol. The van der Waals surface area contributed by atoms with E-state index in [0.29, 0.717) is 0 Å². The number of fused-ring (bicyclic) bond motifs is 1. The first-order chi connectivity index (χ1) is 8.16. The molecule has 88 valence electrons. The number of aromatic nitrogens is 2. The van der Waals surface area contributed by atoms with Gasteiger partial charge in [0.05, 0.1) is 35.1 Å². The zero-order chi connectivity index (χ0) is 12.0. The molecule has 17 heavy (non-hydrogen) atoms. The zero-order valence-corrected chi connectivity index (χ0v) is 9.13. The Bertz CT molecular complexity index is 599. The number of imidazole rings is 1. The van der Waals surface area contributed by atoms with E-state index in [0.717, 1.165) is 23.9 Å². The number of aromatic carboxylic acids is 1. The Morgan fingerprint density at radius 3 is 2.82 bits per heavy atom. The van der Waals surface area contributed by atoms with Gasteiger partial charge in [-0.05, 0) is 31.0 Å². The molecule has 1 fully saturated rings. The summed E-state index contributed by atoms with van der Waals surface area (Å²) in [6, 6.07) is 4.85. The van der Waals surface area contributed by atoms with Gasteiger partial charge in [-0.3, -0.25) is 0 Å². The summed E-state index contributed by atoms with van der Waals surface area (Å²) in [5, 5.41) is 18.4. The van der Waals surface area contributed by atoms with Crippen LogP contribution in [0.4, 0.5) is 0 Å². The Morgan fingerprint density at radius 1 is 1.47 bits per heavy atom. The Balaban J connectivity index is 2.20. The fourth-order valence-electron chi connectivity index (χ4n) is 2.14. The van der Waals surface area contributed by atoms with Crippen molar-refractivity contribution in [3.63, 3.8) is 0 Å². The maximum absolute atomic E-state index is 10.9. The number of carboxylic acid groups (broad SMARTS) is 1. The van der Waals surface area contributed by atoms with E-state index in [9.17, 15) is 9.90 Å². The number of hydrogen-bond acceptors (Lipinski definition) is 3. The lowest BCUT2D eigenvalue weighted by atomic mass is 10.2. The number of rotatable bonds is 3. The third kappa shape index (κ3) is 1.43. The molecule has 0 bridgehead atoms. The smallest absolute Gasteiger partial charge is 0.335 e. The summed E-state index contributed by atoms with van der Waals surface area (Å²) in [5.74, 6) is -0.950. The van der Waals surface area contributed by atoms with Gasteiger partial charge < -0.3 is 14.8 Å². The molecule has 0 unspecified atom stereocenters. The summed E-state index contributed by atoms with van der Waals surface area (Å²) < 4.78 is 1.90. The summed E-state index contributed by atoms with van der Waals surface area (Å²) in [4.78, 5) is 15.2. The molecule has 2 aromatic rings. The number of aliphatic hydroxyl groups is 1. The third-order valence-corrected chi connectivity index (χ3v) is 3.43. The lowest BCUT2D eigenvalue weighted by Gasteiger charge is -2.14. The van der Waals surface area contributed by atoms with E-state index in [1.807, 2.05) is 4.57 Å². The lowest BCUT2D eigenvalue weighted by molar-refractivity contribution is 0.0697. The highest BCUT2D eigenvalue weighted by Gasteiger charge is 2.44. The lowest BCUT2D eigenvalue weighted by Crippen LogP contribution is -2.20. The number of aliphatic hydroxyl groups excluding tert-OH is 1. The van der Waals surface area contributed by atoms with Gasteiger partial charge in [0, 0.05) is 0 Å². The van der Waals surface area contributed by atoms with Gasteiger partial charge in [-0.15, -0.1) is 0 Å². The summed E-state index contributed by atoms with van der Waals surface area (Å²) in [6.45, 7) is 0.0652. The molecule has 0 spiro atoms. The van der Waals surface area contributed by atoms with E-state index in [-0.39, 0.29) is 17.7 Å². The minimum atomic E-state index is -0.950. The van der Waals surface area contributed by atoms with Crippen LogP contribution in [-0.2, 0) is 5.54 Å². The largest absolute Gasteiger partial charge is 0.478 e. The van der Waals surface area contributed by atoms with Crippen molar-refractivity contribution in [2.24, 2.45) is 0 Å². The van der Waals surface area contributed by atoms with Crippen LogP contribution in [-0.4, -0.2) is 32.3 Å². The Kier molecular flexibility index (Phi) is 2.00. The Morgan fingerprint density at radius 2 is 2.24 bits per heavy atom. The standard InChI is InChI=1S/C12H12N2O3/c15-6-12(3-4-12)14-7-13-9-2-1-8(11(16)17)5-10(9)14/h1-2,5,7,15H,3-4,6H2,(H,16,17). The van der Waals surface area contributed by atoms with Gasteiger partial charge in [0.15, 0.2) is 0 Å². The number of carbonyl (C=O) groups is 1. The molecule has 1 aromatic heterocycles. The van der Waals surface area contributed by atoms with Crippen molar-refractivity contribution < 1.29 is 15.0 Å². The fourth-order valence-corrected chi connectivity index (χ4v) is 2.14. The van der Waals surface area contributed by atoms with Crippen LogP contribution < -0.4 is 0 Å². The van der Waals surface area contributed by atoms with Crippen LogP contribution in [0.3, 0.4) is 0 Å². The van der Waals surface area contributed by atoms with Crippen LogP contribution in [0.1, 0.15) is 23.2 Å². The van der Waals surface area contributed by atoms with Gasteiger partial charge in [-0.25, -0.2) is 9.78 Å². The van der Waals surface area contributed by atoms with Crippen LogP contribution in [0.2, 0.25) is 0 Å². The van der Waals surface area contributed by atoms with Gasteiger partial charge in [-0.2, -0.15) is 0 Å². The summed E-state index contributed by atoms with van der Waals surface area (Å²) in [5.41, 5.74) is 1.52. The van der Waals surface area contributed by atoms with Crippen molar-refractivity contribution in [2.45, 2.75) is 18.4 Å². The zero-order valence-electron chi connectivity index (χ0n) is 9.13. The fraction of sp³-hybridized carbons (Fsp3) is 0.333. The number of benzene rings is 1. The van der Waals surface area contributed by atoms with E-state index < -0.39 is 5.97 Å². The van der Waals surface area contributed by atoms with Crippen LogP contribution in [0.25, 0.3) is 11.0 Å². The maximum atomic E-state index is 10.9. The SMILES string of the molecule is O=C(O)c1ccc2ncn(C3(CO)CC3)c2c1. The number of nitrogens with zero attached hydrogens (tertiary/aromatic N) is 2. The van der Waals surface area contributed by atoms with E-state index in [1.165, 1.54) is 0 Å². The summed E-state index contributed by atoms with van der Waals surface area (Å²) in [7, 11) is 0. The molecule has 0 atom stereocenters. The molecule has 1 aliphatic rings. The van der Waals surface area contributed by atoms with Crippen molar-refractivity contribution >= 4 is 17.0 Å². The molecule has 1 heterocycles. The van der Waals surface area contributed by atoms with Gasteiger partial charge >= 0.3 is 5.97 Å². The molecule has 3 rings (SSSR count). The van der Waals surface area contributed by atoms with Gasteiger partial charge in [0.2, 0.25) is 0 Å². The highest BCUT2D eigenvalue weighted by atomic mass is 16.4. The van der Waals surface area contributed by atoms with Crippen molar-refractivity contribution in [2.75, 3.05) is 6.61 Å². The minimum absolute atomic E-state index is 0.0652. The normalized spacial score (nSPS) is 17.2. The first-order valence-corrected chi connectivity index (χ1v) is 5.48. The van der Waals surface area contributed by atoms with Crippen molar-refractivity contribution in [1.29, 1.82) is 0 Å². The quantitative estimate of drug-likeness (QED) is 0.834. The minimum Gasteiger partial charge on any atom is -0.478 e. The molecule has 5 nitrogen and oxygen atoms in total. The molecule has 5 heteroatoms. The van der Waals surface area contributed by atoms with Crippen LogP contribution in [0, 0.1) is 0 Å². The highest BCUT2D eigenvalue weighted by Crippen LogP contribution is 2.44. The topological polar surface area (TPSA) is 75.3 Å². The molecule has 2 N–H and O–H groups in total. The first-order valence-electron chi connectivity index (χ1n) is 5.48. The average Bonchev–Trinajstić information content (AvgIpc) is 3.01. The van der Waals surface area contributed by atoms with Crippen LogP contribution in [0.5, 0.6) is 0 Å². The van der Waals surface area contributed by atoms with Gasteiger partial charge in [0.25, 0.3) is 0 Å². The average molecular weight is 232 g/mol. The summed E-state index contributed by atoms with van der Waals surface area (Å²) in [6.07, 6.45) is 3.50. The van der Waals surface area contributed by atoms with Crippen LogP contribution in [0.15, 0.2) is 24.5 Å².